The molecule has 2 aromatic carbocycles. The maximum absolute atomic E-state index is 13.1. The molecule has 1 aromatic heterocycles. The summed E-state index contributed by atoms with van der Waals surface area (Å²) in [5.41, 5.74) is 3.01. The molecule has 29 heavy (non-hydrogen) atoms. The number of aryl methyl sites for hydroxylation is 2. The minimum atomic E-state index is -3.66. The van der Waals surface area contributed by atoms with Gasteiger partial charge >= 0.3 is 0 Å². The minimum Gasteiger partial charge on any atom is -0.380 e. The van der Waals surface area contributed by atoms with E-state index < -0.39 is 10.0 Å². The van der Waals surface area contributed by atoms with Gasteiger partial charge in [-0.1, -0.05) is 41.9 Å². The van der Waals surface area contributed by atoms with Gasteiger partial charge in [-0.15, -0.1) is 0 Å². The van der Waals surface area contributed by atoms with Crippen LogP contribution < -0.4 is 5.32 Å². The number of imidazole rings is 1. The second-order valence-corrected chi connectivity index (χ2v) is 9.72. The fourth-order valence-corrected chi connectivity index (χ4v) is 5.33. The lowest BCUT2D eigenvalue weighted by molar-refractivity contribution is 0.468. The number of nitrogens with zero attached hydrogens (tertiary/aromatic N) is 3. The van der Waals surface area contributed by atoms with Crippen molar-refractivity contribution in [2.45, 2.75) is 23.9 Å². The first-order valence-electron chi connectivity index (χ1n) is 9.40. The zero-order valence-corrected chi connectivity index (χ0v) is 17.9. The van der Waals surface area contributed by atoms with E-state index in [1.54, 1.807) is 11.6 Å². The van der Waals surface area contributed by atoms with Gasteiger partial charge in [0.15, 0.2) is 5.03 Å². The summed E-state index contributed by atoms with van der Waals surface area (Å²) in [6.07, 6.45) is 3.04. The smallest absolute Gasteiger partial charge is 0.262 e. The molecule has 1 aliphatic heterocycles. The van der Waals surface area contributed by atoms with E-state index in [0.717, 1.165) is 16.8 Å². The summed E-state index contributed by atoms with van der Waals surface area (Å²) in [5, 5.41) is 4.31. The SMILES string of the molecule is Cc1cc(NC2CN(S(=O)(=O)c3cn(C)cn3)CC2c2ccccc2)ccc1Cl. The normalized spacial score (nSPS) is 20.1. The Morgan fingerprint density at radius 1 is 1.14 bits per heavy atom. The highest BCUT2D eigenvalue weighted by Crippen LogP contribution is 2.33. The van der Waals surface area contributed by atoms with Crippen LogP contribution in [-0.2, 0) is 17.1 Å². The summed E-state index contributed by atoms with van der Waals surface area (Å²) in [6.45, 7) is 2.71. The monoisotopic (exact) mass is 430 g/mol. The summed E-state index contributed by atoms with van der Waals surface area (Å²) < 4.78 is 29.4. The van der Waals surface area contributed by atoms with Crippen LogP contribution in [0, 0.1) is 6.92 Å². The zero-order chi connectivity index (χ0) is 20.6. The van der Waals surface area contributed by atoms with E-state index in [0.29, 0.717) is 18.1 Å². The number of aromatic nitrogens is 2. The lowest BCUT2D eigenvalue weighted by Crippen LogP contribution is -2.32. The number of halogens is 1. The van der Waals surface area contributed by atoms with Crippen molar-refractivity contribution in [3.8, 4) is 0 Å². The zero-order valence-electron chi connectivity index (χ0n) is 16.3. The lowest BCUT2D eigenvalue weighted by atomic mass is 9.94. The molecular formula is C21H23ClN4O2S. The van der Waals surface area contributed by atoms with Gasteiger partial charge in [-0.05, 0) is 36.2 Å². The fourth-order valence-electron chi connectivity index (χ4n) is 3.75. The first-order valence-corrected chi connectivity index (χ1v) is 11.2. The van der Waals surface area contributed by atoms with Crippen molar-refractivity contribution in [1.29, 1.82) is 0 Å². The third-order valence-electron chi connectivity index (χ3n) is 5.31. The molecule has 2 heterocycles. The highest BCUT2D eigenvalue weighted by Gasteiger charge is 2.40. The Morgan fingerprint density at radius 2 is 1.90 bits per heavy atom. The Morgan fingerprint density at radius 3 is 2.55 bits per heavy atom. The molecule has 0 spiro atoms. The second kappa shape index (κ2) is 7.82. The summed E-state index contributed by atoms with van der Waals surface area (Å²) in [6, 6.07) is 15.7. The molecule has 2 unspecified atom stereocenters. The molecule has 0 bridgehead atoms. The summed E-state index contributed by atoms with van der Waals surface area (Å²) in [7, 11) is -1.90. The number of sulfonamides is 1. The first-order chi connectivity index (χ1) is 13.8. The molecule has 3 aromatic rings. The van der Waals surface area contributed by atoms with Gasteiger partial charge in [0.2, 0.25) is 0 Å². The van der Waals surface area contributed by atoms with Crippen LogP contribution in [0.1, 0.15) is 17.0 Å². The Balaban J connectivity index is 1.65. The average Bonchev–Trinajstić information content (AvgIpc) is 3.33. The Kier molecular flexibility index (Phi) is 5.38. The van der Waals surface area contributed by atoms with Gasteiger partial charge in [0, 0.05) is 49.0 Å². The Hall–Kier alpha value is -2.35. The van der Waals surface area contributed by atoms with Crippen LogP contribution in [0.4, 0.5) is 5.69 Å². The van der Waals surface area contributed by atoms with Gasteiger partial charge in [0.05, 0.1) is 6.33 Å². The topological polar surface area (TPSA) is 67.2 Å². The Bertz CT molecular complexity index is 1110. The number of rotatable bonds is 5. The van der Waals surface area contributed by atoms with Crippen LogP contribution >= 0.6 is 11.6 Å². The number of benzene rings is 2. The quantitative estimate of drug-likeness (QED) is 0.670. The van der Waals surface area contributed by atoms with Crippen molar-refractivity contribution in [3.05, 3.63) is 77.2 Å². The van der Waals surface area contributed by atoms with E-state index in [9.17, 15) is 8.42 Å². The van der Waals surface area contributed by atoms with Gasteiger partial charge in [0.25, 0.3) is 10.0 Å². The van der Waals surface area contributed by atoms with E-state index in [1.807, 2.05) is 55.5 Å². The minimum absolute atomic E-state index is 0.0191. The largest absolute Gasteiger partial charge is 0.380 e. The van der Waals surface area contributed by atoms with Gasteiger partial charge in [-0.25, -0.2) is 13.4 Å². The molecule has 152 valence electrons. The standard InChI is InChI=1S/C21H23ClN4O2S/c1-15-10-17(8-9-19(15)22)24-20-12-26(11-18(20)16-6-4-3-5-7-16)29(27,28)21-13-25(2)14-23-21/h3-10,13-14,18,20,24H,11-12H2,1-2H3. The fraction of sp³-hybridized carbons (Fsp3) is 0.286. The summed E-state index contributed by atoms with van der Waals surface area (Å²) in [5.74, 6) is 0.0191. The summed E-state index contributed by atoms with van der Waals surface area (Å²) in [4.78, 5) is 4.06. The molecular weight excluding hydrogens is 408 g/mol. The van der Waals surface area contributed by atoms with Crippen LogP contribution in [-0.4, -0.2) is 41.4 Å². The predicted molar refractivity (Wildman–Crippen MR) is 115 cm³/mol. The average molecular weight is 431 g/mol. The van der Waals surface area contributed by atoms with Crippen LogP contribution in [0.5, 0.6) is 0 Å². The molecule has 0 amide bonds. The van der Waals surface area contributed by atoms with Crippen molar-refractivity contribution >= 4 is 27.3 Å². The first kappa shape index (κ1) is 19.9. The third kappa shape index (κ3) is 4.03. The number of anilines is 1. The van der Waals surface area contributed by atoms with Crippen LogP contribution in [0.2, 0.25) is 5.02 Å². The van der Waals surface area contributed by atoms with E-state index in [2.05, 4.69) is 10.3 Å². The van der Waals surface area contributed by atoms with Gasteiger partial charge in [0.1, 0.15) is 0 Å². The number of hydrogen-bond acceptors (Lipinski definition) is 4. The van der Waals surface area contributed by atoms with Crippen LogP contribution in [0.3, 0.4) is 0 Å². The van der Waals surface area contributed by atoms with E-state index in [-0.39, 0.29) is 17.0 Å². The van der Waals surface area contributed by atoms with Gasteiger partial charge in [-0.3, -0.25) is 0 Å². The molecule has 0 aliphatic carbocycles. The number of hydrogen-bond donors (Lipinski definition) is 1. The molecule has 2 atom stereocenters. The maximum Gasteiger partial charge on any atom is 0.262 e. The highest BCUT2D eigenvalue weighted by molar-refractivity contribution is 7.89. The predicted octanol–water partition coefficient (Wildman–Crippen LogP) is 3.65. The van der Waals surface area contributed by atoms with Crippen molar-refractivity contribution in [1.82, 2.24) is 13.9 Å². The molecule has 1 saturated heterocycles. The maximum atomic E-state index is 13.1. The van der Waals surface area contributed by atoms with Crippen LogP contribution in [0.25, 0.3) is 0 Å². The van der Waals surface area contributed by atoms with Crippen molar-refractivity contribution in [2.24, 2.45) is 7.05 Å². The Labute approximate surface area is 176 Å². The van der Waals surface area contributed by atoms with Crippen LogP contribution in [0.15, 0.2) is 66.1 Å². The lowest BCUT2D eigenvalue weighted by Gasteiger charge is -2.21. The molecule has 8 heteroatoms. The number of nitrogens with one attached hydrogen (secondary N) is 1. The molecule has 6 nitrogen and oxygen atoms in total. The molecule has 1 fully saturated rings. The van der Waals surface area contributed by atoms with Crippen molar-refractivity contribution in [3.63, 3.8) is 0 Å². The van der Waals surface area contributed by atoms with Gasteiger partial charge < -0.3 is 9.88 Å². The van der Waals surface area contributed by atoms with Gasteiger partial charge in [-0.2, -0.15) is 4.31 Å². The molecule has 0 radical (unpaired) electrons. The van der Waals surface area contributed by atoms with Crippen molar-refractivity contribution < 1.29 is 8.42 Å². The second-order valence-electron chi connectivity index (χ2n) is 7.43. The molecule has 0 saturated carbocycles. The van der Waals surface area contributed by atoms with E-state index >= 15 is 0 Å². The molecule has 4 rings (SSSR count). The van der Waals surface area contributed by atoms with Crippen molar-refractivity contribution in [2.75, 3.05) is 18.4 Å². The molecule has 1 aliphatic rings. The summed E-state index contributed by atoms with van der Waals surface area (Å²) >= 11 is 6.15. The molecule has 1 N–H and O–H groups in total. The van der Waals surface area contributed by atoms with E-state index in [4.69, 9.17) is 11.6 Å². The highest BCUT2D eigenvalue weighted by atomic mass is 35.5. The van der Waals surface area contributed by atoms with E-state index in [1.165, 1.54) is 16.8 Å². The third-order valence-corrected chi connectivity index (χ3v) is 7.45.